The molecule has 1 aromatic rings. The Labute approximate surface area is 140 Å². The second kappa shape index (κ2) is 7.47. The summed E-state index contributed by atoms with van der Waals surface area (Å²) < 4.78 is 5.27. The zero-order chi connectivity index (χ0) is 17.8. The fourth-order valence-corrected chi connectivity index (χ4v) is 3.82. The summed E-state index contributed by atoms with van der Waals surface area (Å²) in [5.41, 5.74) is 0.733. The van der Waals surface area contributed by atoms with Gasteiger partial charge in [0.25, 0.3) is 5.91 Å². The topological polar surface area (TPSA) is 58.4 Å². The van der Waals surface area contributed by atoms with E-state index in [1.165, 1.54) is 0 Å². The number of carbonyl (C=O) groups is 1. The van der Waals surface area contributed by atoms with Crippen LogP contribution in [0, 0.1) is 6.92 Å². The van der Waals surface area contributed by atoms with Crippen molar-refractivity contribution in [2.24, 2.45) is 0 Å². The molecule has 0 aliphatic heterocycles. The van der Waals surface area contributed by atoms with Crippen molar-refractivity contribution in [3.63, 3.8) is 0 Å². The van der Waals surface area contributed by atoms with Crippen molar-refractivity contribution in [2.45, 2.75) is 78.8 Å². The van der Waals surface area contributed by atoms with Gasteiger partial charge < -0.3 is 9.84 Å². The Morgan fingerprint density at radius 2 is 1.78 bits per heavy atom. The molecule has 1 rings (SSSR count). The molecule has 5 nitrogen and oxygen atoms in total. The lowest BCUT2D eigenvalue weighted by Crippen LogP contribution is -2.67. The van der Waals surface area contributed by atoms with Gasteiger partial charge in [0.15, 0.2) is 5.69 Å². The summed E-state index contributed by atoms with van der Waals surface area (Å²) in [7, 11) is 2.12. The van der Waals surface area contributed by atoms with Crippen LogP contribution >= 0.6 is 0 Å². The van der Waals surface area contributed by atoms with Gasteiger partial charge in [0, 0.05) is 17.5 Å². The number of hydrogen-bond donors (Lipinski definition) is 1. The number of amides is 1. The van der Waals surface area contributed by atoms with Gasteiger partial charge >= 0.3 is 0 Å². The van der Waals surface area contributed by atoms with Crippen molar-refractivity contribution < 1.29 is 9.32 Å². The number of carbonyl (C=O) groups excluding carboxylic acids is 1. The molecule has 0 fully saturated rings. The first-order valence-electron chi connectivity index (χ1n) is 8.69. The summed E-state index contributed by atoms with van der Waals surface area (Å²) >= 11 is 0. The van der Waals surface area contributed by atoms with Gasteiger partial charge in [0.05, 0.1) is 5.54 Å². The highest BCUT2D eigenvalue weighted by Crippen LogP contribution is 2.34. The number of rotatable bonds is 8. The molecule has 0 unspecified atom stereocenters. The molecule has 0 saturated heterocycles. The number of aryl methyl sites for hydroxylation is 1. The van der Waals surface area contributed by atoms with Gasteiger partial charge in [-0.3, -0.25) is 9.69 Å². The Bertz CT molecular complexity index is 530. The van der Waals surface area contributed by atoms with Crippen molar-refractivity contribution in [3.8, 4) is 0 Å². The molecule has 0 atom stereocenters. The molecule has 0 bridgehead atoms. The highest BCUT2D eigenvalue weighted by atomic mass is 16.5. The van der Waals surface area contributed by atoms with Gasteiger partial charge in [-0.1, -0.05) is 32.9 Å². The molecule has 0 saturated carbocycles. The van der Waals surface area contributed by atoms with Crippen molar-refractivity contribution in [1.82, 2.24) is 15.4 Å². The van der Waals surface area contributed by atoms with E-state index in [1.807, 2.05) is 13.8 Å². The normalized spacial score (nSPS) is 12.7. The maximum absolute atomic E-state index is 12.7. The Hall–Kier alpha value is -1.36. The van der Waals surface area contributed by atoms with Crippen molar-refractivity contribution in [1.29, 1.82) is 0 Å². The minimum Gasteiger partial charge on any atom is -0.360 e. The van der Waals surface area contributed by atoms with Crippen LogP contribution in [0.25, 0.3) is 0 Å². The maximum Gasteiger partial charge on any atom is 0.274 e. The standard InChI is InChI=1S/C18H33N3O2/c1-9-14-13(5)15(20-23-14)16(22)19-17(6,7)18(10-2,11-3)21(8)12-4/h9-12H2,1-8H3,(H,19,22). The van der Waals surface area contributed by atoms with Crippen LogP contribution < -0.4 is 5.32 Å². The summed E-state index contributed by atoms with van der Waals surface area (Å²) in [6.45, 7) is 15.5. The van der Waals surface area contributed by atoms with Gasteiger partial charge in [-0.2, -0.15) is 0 Å². The average molecular weight is 323 g/mol. The van der Waals surface area contributed by atoms with Crippen LogP contribution in [0.4, 0.5) is 0 Å². The molecule has 0 radical (unpaired) electrons. The van der Waals surface area contributed by atoms with Crippen LogP contribution in [-0.4, -0.2) is 40.6 Å². The van der Waals surface area contributed by atoms with Crippen LogP contribution in [0.3, 0.4) is 0 Å². The van der Waals surface area contributed by atoms with E-state index in [0.717, 1.165) is 37.1 Å². The molecule has 0 spiro atoms. The second-order valence-corrected chi connectivity index (χ2v) is 6.76. The molecule has 1 aromatic heterocycles. The van der Waals surface area contributed by atoms with E-state index in [2.05, 4.69) is 57.0 Å². The predicted molar refractivity (Wildman–Crippen MR) is 93.8 cm³/mol. The van der Waals surface area contributed by atoms with Gasteiger partial charge in [-0.05, 0) is 47.2 Å². The summed E-state index contributed by atoms with van der Waals surface area (Å²) in [5, 5.41) is 7.17. The number of aromatic nitrogens is 1. The first-order valence-corrected chi connectivity index (χ1v) is 8.69. The molecule has 23 heavy (non-hydrogen) atoms. The van der Waals surface area contributed by atoms with E-state index in [-0.39, 0.29) is 11.4 Å². The number of nitrogens with one attached hydrogen (secondary N) is 1. The molecular weight excluding hydrogens is 290 g/mol. The molecule has 132 valence electrons. The second-order valence-electron chi connectivity index (χ2n) is 6.76. The zero-order valence-electron chi connectivity index (χ0n) is 16.0. The molecule has 0 aliphatic carbocycles. The highest BCUT2D eigenvalue weighted by molar-refractivity contribution is 5.94. The Morgan fingerprint density at radius 1 is 1.22 bits per heavy atom. The van der Waals surface area contributed by atoms with Crippen LogP contribution in [0.2, 0.25) is 0 Å². The Kier molecular flexibility index (Phi) is 6.40. The first-order chi connectivity index (χ1) is 10.7. The van der Waals surface area contributed by atoms with E-state index in [1.54, 1.807) is 0 Å². The van der Waals surface area contributed by atoms with Crippen LogP contribution in [0.5, 0.6) is 0 Å². The quantitative estimate of drug-likeness (QED) is 0.794. The largest absolute Gasteiger partial charge is 0.360 e. The Balaban J connectivity index is 3.12. The summed E-state index contributed by atoms with van der Waals surface area (Å²) in [6.07, 6.45) is 2.65. The highest BCUT2D eigenvalue weighted by Gasteiger charge is 2.46. The SMILES string of the molecule is CCc1onc(C(=O)NC(C)(C)C(CC)(CC)N(C)CC)c1C. The molecule has 1 heterocycles. The third-order valence-corrected chi connectivity index (χ3v) is 5.52. The van der Waals surface area contributed by atoms with Crippen LogP contribution in [0.1, 0.15) is 76.2 Å². The van der Waals surface area contributed by atoms with E-state index in [4.69, 9.17) is 4.52 Å². The minimum absolute atomic E-state index is 0.108. The fourth-order valence-electron chi connectivity index (χ4n) is 3.82. The van der Waals surface area contributed by atoms with E-state index >= 15 is 0 Å². The molecule has 1 amide bonds. The van der Waals surface area contributed by atoms with Crippen molar-refractivity contribution in [3.05, 3.63) is 17.0 Å². The first kappa shape index (κ1) is 19.7. The molecule has 0 aliphatic rings. The summed E-state index contributed by atoms with van der Waals surface area (Å²) in [6, 6.07) is 0. The fraction of sp³-hybridized carbons (Fsp3) is 0.778. The predicted octanol–water partition coefficient (Wildman–Crippen LogP) is 3.56. The van der Waals surface area contributed by atoms with E-state index in [9.17, 15) is 4.79 Å². The lowest BCUT2D eigenvalue weighted by Gasteiger charge is -2.52. The minimum atomic E-state index is -0.393. The molecular formula is C18H33N3O2. The van der Waals surface area contributed by atoms with Gasteiger partial charge in [0.1, 0.15) is 5.76 Å². The van der Waals surface area contributed by atoms with Crippen LogP contribution in [0.15, 0.2) is 4.52 Å². The van der Waals surface area contributed by atoms with Gasteiger partial charge in [-0.25, -0.2) is 0 Å². The number of hydrogen-bond acceptors (Lipinski definition) is 4. The van der Waals surface area contributed by atoms with Gasteiger partial charge in [-0.15, -0.1) is 0 Å². The van der Waals surface area contributed by atoms with E-state index < -0.39 is 5.54 Å². The average Bonchev–Trinajstić information content (AvgIpc) is 2.88. The Morgan fingerprint density at radius 3 is 2.17 bits per heavy atom. The molecule has 5 heteroatoms. The number of nitrogens with zero attached hydrogens (tertiary/aromatic N) is 2. The number of likely N-dealkylation sites (N-methyl/N-ethyl adjacent to an activating group) is 1. The monoisotopic (exact) mass is 323 g/mol. The third-order valence-electron chi connectivity index (χ3n) is 5.52. The maximum atomic E-state index is 12.7. The lowest BCUT2D eigenvalue weighted by atomic mass is 9.73. The molecule has 0 aromatic carbocycles. The summed E-state index contributed by atoms with van der Waals surface area (Å²) in [5.74, 6) is 0.614. The van der Waals surface area contributed by atoms with Crippen LogP contribution in [-0.2, 0) is 6.42 Å². The molecule has 1 N–H and O–H groups in total. The van der Waals surface area contributed by atoms with Crippen molar-refractivity contribution in [2.75, 3.05) is 13.6 Å². The third kappa shape index (κ3) is 3.44. The smallest absolute Gasteiger partial charge is 0.274 e. The van der Waals surface area contributed by atoms with Crippen molar-refractivity contribution >= 4 is 5.91 Å². The lowest BCUT2D eigenvalue weighted by molar-refractivity contribution is 0.0240. The van der Waals surface area contributed by atoms with Gasteiger partial charge in [0.2, 0.25) is 0 Å². The zero-order valence-corrected chi connectivity index (χ0v) is 16.0. The summed E-state index contributed by atoms with van der Waals surface area (Å²) in [4.78, 5) is 15.1. The van der Waals surface area contributed by atoms with E-state index in [0.29, 0.717) is 5.69 Å².